The number of nitrogens with one attached hydrogen (secondary N) is 2. The number of aliphatic imine (C=N–C) groups is 1. The smallest absolute Gasteiger partial charge is 0.221 e. The number of nitrogens with zero attached hydrogens (tertiary/aromatic N) is 2. The van der Waals surface area contributed by atoms with Gasteiger partial charge in [0.25, 0.3) is 0 Å². The van der Waals surface area contributed by atoms with Gasteiger partial charge in [0.2, 0.25) is 5.91 Å². The van der Waals surface area contributed by atoms with Gasteiger partial charge in [0.05, 0.1) is 19.3 Å². The molecule has 1 heterocycles. The van der Waals surface area contributed by atoms with E-state index in [2.05, 4.69) is 48.1 Å². The van der Waals surface area contributed by atoms with E-state index < -0.39 is 0 Å². The lowest BCUT2D eigenvalue weighted by molar-refractivity contribution is -0.114. The van der Waals surface area contributed by atoms with Gasteiger partial charge in [-0.3, -0.25) is 4.79 Å². The molecule has 0 saturated carbocycles. The Hall–Kier alpha value is -1.16. The summed E-state index contributed by atoms with van der Waals surface area (Å²) >= 11 is 2.06. The lowest BCUT2D eigenvalue weighted by Gasteiger charge is -2.36. The van der Waals surface area contributed by atoms with Crippen molar-refractivity contribution in [2.75, 3.05) is 37.8 Å². The third-order valence-corrected chi connectivity index (χ3v) is 6.00. The zero-order chi connectivity index (χ0) is 19.8. The Bertz CT molecular complexity index is 670. The second-order valence-electron chi connectivity index (χ2n) is 6.99. The first-order chi connectivity index (χ1) is 12.9. The summed E-state index contributed by atoms with van der Waals surface area (Å²) in [4.78, 5) is 18.6. The Kier molecular flexibility index (Phi) is 11.0. The lowest BCUT2D eigenvalue weighted by Crippen LogP contribution is -2.49. The number of hydrogen-bond acceptors (Lipinski definition) is 4. The third kappa shape index (κ3) is 7.35. The minimum Gasteiger partial charge on any atom is -0.495 e. The highest BCUT2D eigenvalue weighted by Gasteiger charge is 2.24. The molecule has 6 nitrogen and oxygen atoms in total. The van der Waals surface area contributed by atoms with Gasteiger partial charge in [-0.05, 0) is 30.5 Å². The van der Waals surface area contributed by atoms with Crippen molar-refractivity contribution >= 4 is 53.3 Å². The van der Waals surface area contributed by atoms with Crippen LogP contribution < -0.4 is 15.4 Å². The van der Waals surface area contributed by atoms with Gasteiger partial charge in [-0.15, -0.1) is 24.0 Å². The molecule has 1 aliphatic heterocycles. The van der Waals surface area contributed by atoms with Crippen LogP contribution in [0.2, 0.25) is 0 Å². The van der Waals surface area contributed by atoms with E-state index in [-0.39, 0.29) is 29.9 Å². The molecule has 1 aliphatic rings. The summed E-state index contributed by atoms with van der Waals surface area (Å²) in [5.41, 5.74) is 1.71. The second-order valence-corrected chi connectivity index (χ2v) is 8.33. The van der Waals surface area contributed by atoms with Gasteiger partial charge < -0.3 is 20.3 Å². The van der Waals surface area contributed by atoms with E-state index in [9.17, 15) is 4.79 Å². The highest BCUT2D eigenvalue weighted by atomic mass is 127. The summed E-state index contributed by atoms with van der Waals surface area (Å²) in [5, 5.41) is 6.88. The molecule has 0 aromatic heterocycles. The molecule has 0 aliphatic carbocycles. The van der Waals surface area contributed by atoms with E-state index in [0.717, 1.165) is 36.9 Å². The van der Waals surface area contributed by atoms with Crippen LogP contribution in [0.1, 0.15) is 33.3 Å². The van der Waals surface area contributed by atoms with Crippen molar-refractivity contribution in [1.29, 1.82) is 0 Å². The molecular formula is C20H33IN4O2S. The molecule has 8 heteroatoms. The van der Waals surface area contributed by atoms with Crippen LogP contribution in [0.15, 0.2) is 23.2 Å². The Labute approximate surface area is 190 Å². The van der Waals surface area contributed by atoms with E-state index in [1.54, 1.807) is 7.11 Å². The number of carbonyl (C=O) groups is 1. The molecule has 1 amide bonds. The SMILES string of the molecule is CCNC(=NCc1ccc(OC)c(NC(C)=O)c1)N1CCSC(C(C)C)C1.I. The fourth-order valence-electron chi connectivity index (χ4n) is 3.00. The van der Waals surface area contributed by atoms with Gasteiger partial charge in [-0.2, -0.15) is 11.8 Å². The van der Waals surface area contributed by atoms with E-state index in [1.807, 2.05) is 18.2 Å². The minimum atomic E-state index is -0.118. The summed E-state index contributed by atoms with van der Waals surface area (Å²) in [7, 11) is 1.60. The van der Waals surface area contributed by atoms with E-state index in [0.29, 0.717) is 29.1 Å². The molecule has 28 heavy (non-hydrogen) atoms. The molecule has 2 rings (SSSR count). The molecule has 0 spiro atoms. The van der Waals surface area contributed by atoms with Crippen molar-refractivity contribution in [3.8, 4) is 5.75 Å². The number of halogens is 1. The van der Waals surface area contributed by atoms with Crippen molar-refractivity contribution in [2.24, 2.45) is 10.9 Å². The Balaban J connectivity index is 0.00000392. The summed E-state index contributed by atoms with van der Waals surface area (Å²) in [6, 6.07) is 5.78. The Morgan fingerprint density at radius 1 is 1.43 bits per heavy atom. The summed E-state index contributed by atoms with van der Waals surface area (Å²) in [6.45, 7) is 11.6. The minimum absolute atomic E-state index is 0. The largest absolute Gasteiger partial charge is 0.495 e. The first-order valence-electron chi connectivity index (χ1n) is 9.54. The fourth-order valence-corrected chi connectivity index (χ4v) is 4.30. The number of amides is 1. The number of methoxy groups -OCH3 is 1. The molecule has 158 valence electrons. The maximum atomic E-state index is 11.4. The van der Waals surface area contributed by atoms with Crippen LogP contribution in [0.4, 0.5) is 5.69 Å². The summed E-state index contributed by atoms with van der Waals surface area (Å²) in [6.07, 6.45) is 0. The standard InChI is InChI=1S/C20H32N4O2S.HI/c1-6-21-20(24-9-10-27-19(13-24)14(2)3)22-12-16-7-8-18(26-5)17(11-16)23-15(4)25;/h7-8,11,14,19H,6,9-10,12-13H2,1-5H3,(H,21,22)(H,23,25);1H. The predicted octanol–water partition coefficient (Wildman–Crippen LogP) is 3.81. The zero-order valence-corrected chi connectivity index (χ0v) is 20.6. The van der Waals surface area contributed by atoms with E-state index >= 15 is 0 Å². The fraction of sp³-hybridized carbons (Fsp3) is 0.600. The highest BCUT2D eigenvalue weighted by molar-refractivity contribution is 14.0. The van der Waals surface area contributed by atoms with Crippen molar-refractivity contribution in [2.45, 2.75) is 39.5 Å². The predicted molar refractivity (Wildman–Crippen MR) is 130 cm³/mol. The maximum Gasteiger partial charge on any atom is 0.221 e. The number of benzene rings is 1. The van der Waals surface area contributed by atoms with Crippen molar-refractivity contribution < 1.29 is 9.53 Å². The first kappa shape index (κ1) is 24.9. The lowest BCUT2D eigenvalue weighted by atomic mass is 10.1. The Morgan fingerprint density at radius 3 is 2.79 bits per heavy atom. The number of carbonyl (C=O) groups excluding carboxylic acids is 1. The zero-order valence-electron chi connectivity index (χ0n) is 17.4. The maximum absolute atomic E-state index is 11.4. The van der Waals surface area contributed by atoms with Gasteiger partial charge in [-0.25, -0.2) is 4.99 Å². The van der Waals surface area contributed by atoms with Crippen LogP contribution in [0.25, 0.3) is 0 Å². The van der Waals surface area contributed by atoms with Crippen molar-refractivity contribution in [1.82, 2.24) is 10.2 Å². The molecule has 1 aromatic rings. The third-order valence-electron chi connectivity index (χ3n) is 4.46. The average Bonchev–Trinajstić information content (AvgIpc) is 2.65. The van der Waals surface area contributed by atoms with Gasteiger partial charge in [0.15, 0.2) is 5.96 Å². The molecule has 1 unspecified atom stereocenters. The van der Waals surface area contributed by atoms with E-state index in [1.165, 1.54) is 6.92 Å². The van der Waals surface area contributed by atoms with Crippen LogP contribution >= 0.6 is 35.7 Å². The van der Waals surface area contributed by atoms with Gasteiger partial charge in [-0.1, -0.05) is 19.9 Å². The van der Waals surface area contributed by atoms with Crippen LogP contribution in [-0.2, 0) is 11.3 Å². The highest BCUT2D eigenvalue weighted by Crippen LogP contribution is 2.27. The summed E-state index contributed by atoms with van der Waals surface area (Å²) < 4.78 is 5.32. The van der Waals surface area contributed by atoms with Crippen LogP contribution in [0.3, 0.4) is 0 Å². The Morgan fingerprint density at radius 2 is 2.18 bits per heavy atom. The molecule has 2 N–H and O–H groups in total. The number of anilines is 1. The number of rotatable bonds is 6. The van der Waals surface area contributed by atoms with Crippen molar-refractivity contribution in [3.05, 3.63) is 23.8 Å². The molecule has 0 radical (unpaired) electrons. The molecule has 1 aromatic carbocycles. The molecule has 0 bridgehead atoms. The molecule has 1 fully saturated rings. The molecular weight excluding hydrogens is 487 g/mol. The number of ether oxygens (including phenoxy) is 1. The first-order valence-corrected chi connectivity index (χ1v) is 10.6. The van der Waals surface area contributed by atoms with Gasteiger partial charge in [0.1, 0.15) is 5.75 Å². The molecule has 1 atom stereocenters. The van der Waals surface area contributed by atoms with Gasteiger partial charge >= 0.3 is 0 Å². The van der Waals surface area contributed by atoms with Crippen molar-refractivity contribution in [3.63, 3.8) is 0 Å². The monoisotopic (exact) mass is 520 g/mol. The number of thioether (sulfide) groups is 1. The van der Waals surface area contributed by atoms with Crippen LogP contribution in [-0.4, -0.2) is 54.5 Å². The van der Waals surface area contributed by atoms with Crippen LogP contribution in [0.5, 0.6) is 5.75 Å². The average molecular weight is 520 g/mol. The van der Waals surface area contributed by atoms with Gasteiger partial charge in [0, 0.05) is 37.6 Å². The van der Waals surface area contributed by atoms with Crippen LogP contribution in [0, 0.1) is 5.92 Å². The number of guanidine groups is 1. The number of hydrogen-bond donors (Lipinski definition) is 2. The van der Waals surface area contributed by atoms with E-state index in [4.69, 9.17) is 9.73 Å². The molecule has 1 saturated heterocycles. The quantitative estimate of drug-likeness (QED) is 0.340. The second kappa shape index (κ2) is 12.4. The topological polar surface area (TPSA) is 66.0 Å². The normalized spacial score (nSPS) is 17.1. The summed E-state index contributed by atoms with van der Waals surface area (Å²) in [5.74, 6) is 3.27.